The van der Waals surface area contributed by atoms with Crippen LogP contribution in [0, 0.1) is 0 Å². The molecule has 30 heavy (non-hydrogen) atoms. The van der Waals surface area contributed by atoms with Crippen molar-refractivity contribution in [1.82, 2.24) is 24.9 Å². The quantitative estimate of drug-likeness (QED) is 0.370. The zero-order valence-corrected chi connectivity index (χ0v) is 15.5. The standard InChI is InChI=1S/C21H15N7O2/c29-19(28-21-22-8-9-23-21)14-6-3-7-15-17(14)27-18(25-15)20(30)26-16-10-12-4-1-2-5-13(12)11-24-16/h1-11H,(H,25,27)(H,24,26,30)(H2,22,23,28,29). The third kappa shape index (κ3) is 3.24. The fourth-order valence-corrected chi connectivity index (χ4v) is 3.16. The molecule has 3 heterocycles. The number of pyridine rings is 1. The number of H-pyrrole nitrogens is 2. The molecular weight excluding hydrogens is 382 g/mol. The van der Waals surface area contributed by atoms with Gasteiger partial charge in [-0.25, -0.2) is 15.0 Å². The Morgan fingerprint density at radius 1 is 0.900 bits per heavy atom. The highest BCUT2D eigenvalue weighted by Crippen LogP contribution is 2.19. The molecule has 9 heteroatoms. The molecule has 3 aromatic heterocycles. The van der Waals surface area contributed by atoms with E-state index in [1.807, 2.05) is 24.3 Å². The number of hydrogen-bond acceptors (Lipinski definition) is 5. The summed E-state index contributed by atoms with van der Waals surface area (Å²) >= 11 is 0. The highest BCUT2D eigenvalue weighted by Gasteiger charge is 2.18. The number of rotatable bonds is 4. The zero-order chi connectivity index (χ0) is 20.5. The van der Waals surface area contributed by atoms with Crippen molar-refractivity contribution in [2.24, 2.45) is 0 Å². The van der Waals surface area contributed by atoms with Gasteiger partial charge in [0, 0.05) is 24.0 Å². The predicted molar refractivity (Wildman–Crippen MR) is 112 cm³/mol. The summed E-state index contributed by atoms with van der Waals surface area (Å²) in [5, 5.41) is 7.33. The molecule has 0 saturated carbocycles. The summed E-state index contributed by atoms with van der Waals surface area (Å²) in [6, 6.07) is 14.6. The Labute approximate surface area is 169 Å². The van der Waals surface area contributed by atoms with Crippen LogP contribution >= 0.6 is 0 Å². The van der Waals surface area contributed by atoms with Gasteiger partial charge in [0.05, 0.1) is 11.1 Å². The molecule has 0 fully saturated rings. The Kier molecular flexibility index (Phi) is 4.18. The fraction of sp³-hybridized carbons (Fsp3) is 0. The number of aromatic nitrogens is 5. The number of carbonyl (C=O) groups excluding carboxylic acids is 2. The molecule has 0 radical (unpaired) electrons. The Hall–Kier alpha value is -4.53. The maximum absolute atomic E-state index is 12.7. The molecule has 0 bridgehead atoms. The zero-order valence-electron chi connectivity index (χ0n) is 15.5. The van der Waals surface area contributed by atoms with E-state index in [0.717, 1.165) is 10.8 Å². The van der Waals surface area contributed by atoms with Gasteiger partial charge in [0.1, 0.15) is 11.3 Å². The van der Waals surface area contributed by atoms with Crippen molar-refractivity contribution in [3.8, 4) is 0 Å². The van der Waals surface area contributed by atoms with Gasteiger partial charge in [0.25, 0.3) is 11.8 Å². The van der Waals surface area contributed by atoms with Gasteiger partial charge in [-0.15, -0.1) is 0 Å². The molecule has 146 valence electrons. The van der Waals surface area contributed by atoms with Crippen LogP contribution in [0.5, 0.6) is 0 Å². The largest absolute Gasteiger partial charge is 0.334 e. The van der Waals surface area contributed by atoms with E-state index in [4.69, 9.17) is 0 Å². The molecular formula is C21H15N7O2. The van der Waals surface area contributed by atoms with E-state index >= 15 is 0 Å². The first-order valence-electron chi connectivity index (χ1n) is 9.13. The van der Waals surface area contributed by atoms with Crippen LogP contribution in [0.25, 0.3) is 21.8 Å². The van der Waals surface area contributed by atoms with Crippen molar-refractivity contribution in [3.05, 3.63) is 78.5 Å². The number of carbonyl (C=O) groups is 2. The summed E-state index contributed by atoms with van der Waals surface area (Å²) in [6.07, 6.45) is 4.84. The van der Waals surface area contributed by atoms with E-state index in [2.05, 4.69) is 35.6 Å². The highest BCUT2D eigenvalue weighted by atomic mass is 16.2. The van der Waals surface area contributed by atoms with Crippen LogP contribution in [0.4, 0.5) is 11.8 Å². The maximum atomic E-state index is 12.7. The second-order valence-electron chi connectivity index (χ2n) is 6.55. The molecule has 5 rings (SSSR count). The summed E-state index contributed by atoms with van der Waals surface area (Å²) in [7, 11) is 0. The second-order valence-corrected chi connectivity index (χ2v) is 6.55. The summed E-state index contributed by atoms with van der Waals surface area (Å²) < 4.78 is 0. The minimum absolute atomic E-state index is 0.0817. The van der Waals surface area contributed by atoms with Crippen molar-refractivity contribution in [2.75, 3.05) is 10.6 Å². The second kappa shape index (κ2) is 7.13. The molecule has 0 aliphatic carbocycles. The van der Waals surface area contributed by atoms with Gasteiger partial charge >= 0.3 is 0 Å². The van der Waals surface area contributed by atoms with E-state index in [-0.39, 0.29) is 11.7 Å². The lowest BCUT2D eigenvalue weighted by molar-refractivity contribution is 0.101. The van der Waals surface area contributed by atoms with Crippen molar-refractivity contribution < 1.29 is 9.59 Å². The molecule has 0 spiro atoms. The van der Waals surface area contributed by atoms with E-state index in [1.54, 1.807) is 36.7 Å². The molecule has 0 unspecified atom stereocenters. The summed E-state index contributed by atoms with van der Waals surface area (Å²) in [6.45, 7) is 0. The first-order chi connectivity index (χ1) is 14.7. The lowest BCUT2D eigenvalue weighted by Crippen LogP contribution is -2.15. The normalized spacial score (nSPS) is 10.9. The Morgan fingerprint density at radius 3 is 2.60 bits per heavy atom. The van der Waals surface area contributed by atoms with Crippen molar-refractivity contribution in [3.63, 3.8) is 0 Å². The number of para-hydroxylation sites is 1. The van der Waals surface area contributed by atoms with Gasteiger partial charge in [0.15, 0.2) is 5.82 Å². The number of nitrogens with one attached hydrogen (secondary N) is 4. The number of aromatic amines is 2. The van der Waals surface area contributed by atoms with Crippen LogP contribution < -0.4 is 10.6 Å². The van der Waals surface area contributed by atoms with E-state index in [1.165, 1.54) is 6.20 Å². The summed E-state index contributed by atoms with van der Waals surface area (Å²) in [5.74, 6) is -0.0161. The van der Waals surface area contributed by atoms with Crippen molar-refractivity contribution >= 4 is 45.4 Å². The lowest BCUT2D eigenvalue weighted by Gasteiger charge is -2.04. The molecule has 9 nitrogen and oxygen atoms in total. The Balaban J connectivity index is 1.42. The topological polar surface area (TPSA) is 128 Å². The smallest absolute Gasteiger partial charge is 0.292 e. The number of hydrogen-bond donors (Lipinski definition) is 4. The van der Waals surface area contributed by atoms with Gasteiger partial charge in [-0.1, -0.05) is 30.3 Å². The molecule has 0 aliphatic heterocycles. The van der Waals surface area contributed by atoms with Gasteiger partial charge in [-0.2, -0.15) is 0 Å². The Morgan fingerprint density at radius 2 is 1.77 bits per heavy atom. The number of anilines is 2. The maximum Gasteiger partial charge on any atom is 0.292 e. The monoisotopic (exact) mass is 397 g/mol. The molecule has 0 aliphatic rings. The summed E-state index contributed by atoms with van der Waals surface area (Å²) in [4.78, 5) is 43.6. The van der Waals surface area contributed by atoms with Crippen LogP contribution in [0.1, 0.15) is 21.0 Å². The number of amides is 2. The predicted octanol–water partition coefficient (Wildman–Crippen LogP) is 3.34. The third-order valence-corrected chi connectivity index (χ3v) is 4.58. The van der Waals surface area contributed by atoms with E-state index < -0.39 is 5.91 Å². The highest BCUT2D eigenvalue weighted by molar-refractivity contribution is 6.12. The minimum Gasteiger partial charge on any atom is -0.334 e. The average Bonchev–Trinajstić information content (AvgIpc) is 3.43. The average molecular weight is 397 g/mol. The molecule has 0 saturated heterocycles. The van der Waals surface area contributed by atoms with Gasteiger partial charge in [-0.3, -0.25) is 14.9 Å². The molecule has 2 amide bonds. The minimum atomic E-state index is -0.452. The van der Waals surface area contributed by atoms with Crippen LogP contribution in [-0.2, 0) is 0 Å². The van der Waals surface area contributed by atoms with Crippen molar-refractivity contribution in [2.45, 2.75) is 0 Å². The first-order valence-corrected chi connectivity index (χ1v) is 9.13. The van der Waals surface area contributed by atoms with Gasteiger partial charge in [0.2, 0.25) is 5.95 Å². The molecule has 5 aromatic rings. The fourth-order valence-electron chi connectivity index (χ4n) is 3.16. The SMILES string of the molecule is O=C(Nc1cc2ccccc2cn1)c1nc2c(C(=O)Nc3ncc[nH]3)cccc2[nH]1. The van der Waals surface area contributed by atoms with E-state index in [9.17, 15) is 9.59 Å². The van der Waals surface area contributed by atoms with Crippen LogP contribution in [-0.4, -0.2) is 36.7 Å². The van der Waals surface area contributed by atoms with Crippen LogP contribution in [0.2, 0.25) is 0 Å². The number of imidazole rings is 2. The van der Waals surface area contributed by atoms with Crippen LogP contribution in [0.3, 0.4) is 0 Å². The van der Waals surface area contributed by atoms with Crippen molar-refractivity contribution in [1.29, 1.82) is 0 Å². The Bertz CT molecular complexity index is 1390. The molecule has 0 atom stereocenters. The first kappa shape index (κ1) is 17.6. The van der Waals surface area contributed by atoms with E-state index in [0.29, 0.717) is 28.4 Å². The van der Waals surface area contributed by atoms with Gasteiger partial charge in [-0.05, 0) is 23.6 Å². The molecule has 2 aromatic carbocycles. The van der Waals surface area contributed by atoms with Crippen LogP contribution in [0.15, 0.2) is 67.1 Å². The summed E-state index contributed by atoms with van der Waals surface area (Å²) in [5.41, 5.74) is 1.28. The number of nitrogens with zero attached hydrogens (tertiary/aromatic N) is 3. The lowest BCUT2D eigenvalue weighted by atomic mass is 10.2. The van der Waals surface area contributed by atoms with Gasteiger partial charge < -0.3 is 15.3 Å². The number of fused-ring (bicyclic) bond motifs is 2. The number of benzene rings is 2. The molecule has 4 N–H and O–H groups in total. The third-order valence-electron chi connectivity index (χ3n) is 4.58.